The number of carbonyl (C=O) groups is 2. The molecule has 1 N–H and O–H groups in total. The quantitative estimate of drug-likeness (QED) is 0.333. The highest BCUT2D eigenvalue weighted by molar-refractivity contribution is 9.10. The molecule has 208 valence electrons. The zero-order valence-corrected chi connectivity index (χ0v) is 25.2. The number of benzene rings is 3. The van der Waals surface area contributed by atoms with Crippen molar-refractivity contribution in [1.29, 1.82) is 0 Å². The number of carbonyl (C=O) groups excluding carboxylic acids is 2. The molecule has 3 aromatic rings. The molecule has 0 spiro atoms. The molecule has 1 atom stereocenters. The molecular weight excluding hydrogens is 582 g/mol. The van der Waals surface area contributed by atoms with Crippen LogP contribution in [0.25, 0.3) is 0 Å². The molecule has 3 rings (SSSR count). The smallest absolute Gasteiger partial charge is 0.264 e. The molecular formula is C29H34BrN3O5S. The molecule has 2 amide bonds. The van der Waals surface area contributed by atoms with E-state index in [0.29, 0.717) is 22.3 Å². The first-order chi connectivity index (χ1) is 18.5. The maximum Gasteiger partial charge on any atom is 0.264 e. The fourth-order valence-electron chi connectivity index (χ4n) is 4.23. The number of hydrogen-bond donors (Lipinski definition) is 1. The molecule has 0 aliphatic carbocycles. The van der Waals surface area contributed by atoms with Crippen molar-refractivity contribution in [3.63, 3.8) is 0 Å². The minimum atomic E-state index is -4.18. The van der Waals surface area contributed by atoms with E-state index in [2.05, 4.69) is 21.2 Å². The van der Waals surface area contributed by atoms with Gasteiger partial charge < -0.3 is 15.0 Å². The van der Waals surface area contributed by atoms with Crippen LogP contribution in [-0.2, 0) is 26.2 Å². The van der Waals surface area contributed by atoms with E-state index >= 15 is 0 Å². The van der Waals surface area contributed by atoms with E-state index in [1.807, 2.05) is 45.0 Å². The number of aryl methyl sites for hydroxylation is 2. The highest BCUT2D eigenvalue weighted by Crippen LogP contribution is 2.31. The van der Waals surface area contributed by atoms with Gasteiger partial charge in [0.1, 0.15) is 18.3 Å². The van der Waals surface area contributed by atoms with Crippen molar-refractivity contribution in [3.8, 4) is 5.75 Å². The molecule has 0 saturated carbocycles. The van der Waals surface area contributed by atoms with Crippen molar-refractivity contribution < 1.29 is 22.7 Å². The second kappa shape index (κ2) is 13.1. The van der Waals surface area contributed by atoms with E-state index in [9.17, 15) is 18.0 Å². The summed E-state index contributed by atoms with van der Waals surface area (Å²) in [5, 5.41) is 2.63. The normalized spacial score (nSPS) is 11.9. The molecule has 0 saturated heterocycles. The Labute approximate surface area is 239 Å². The predicted molar refractivity (Wildman–Crippen MR) is 156 cm³/mol. The van der Waals surface area contributed by atoms with E-state index in [1.165, 1.54) is 31.2 Å². The van der Waals surface area contributed by atoms with E-state index < -0.39 is 28.5 Å². The van der Waals surface area contributed by atoms with Gasteiger partial charge in [-0.1, -0.05) is 48.9 Å². The van der Waals surface area contributed by atoms with Crippen molar-refractivity contribution in [2.45, 2.75) is 44.7 Å². The summed E-state index contributed by atoms with van der Waals surface area (Å²) in [6, 6.07) is 18.2. The maximum atomic E-state index is 14.0. The molecule has 0 aliphatic heterocycles. The third kappa shape index (κ3) is 6.99. The lowest BCUT2D eigenvalue weighted by Gasteiger charge is -2.33. The van der Waals surface area contributed by atoms with Crippen LogP contribution in [0.2, 0.25) is 0 Å². The Kier molecular flexibility index (Phi) is 10.2. The highest BCUT2D eigenvalue weighted by atomic mass is 79.9. The first-order valence-corrected chi connectivity index (χ1v) is 14.7. The van der Waals surface area contributed by atoms with Crippen molar-refractivity contribution in [1.82, 2.24) is 10.2 Å². The van der Waals surface area contributed by atoms with Crippen LogP contribution in [0.15, 0.2) is 76.1 Å². The fraction of sp³-hybridized carbons (Fsp3) is 0.310. The highest BCUT2D eigenvalue weighted by Gasteiger charge is 2.33. The molecule has 8 nitrogen and oxygen atoms in total. The molecule has 0 unspecified atom stereocenters. The van der Waals surface area contributed by atoms with Gasteiger partial charge in [0.15, 0.2) is 0 Å². The van der Waals surface area contributed by atoms with Crippen LogP contribution in [0, 0.1) is 13.8 Å². The van der Waals surface area contributed by atoms with Gasteiger partial charge in [-0.05, 0) is 77.7 Å². The summed E-state index contributed by atoms with van der Waals surface area (Å²) >= 11 is 3.36. The second-order valence-electron chi connectivity index (χ2n) is 9.13. The molecule has 0 aromatic heterocycles. The summed E-state index contributed by atoms with van der Waals surface area (Å²) in [6.45, 7) is 5.32. The lowest BCUT2D eigenvalue weighted by atomic mass is 10.1. The number of amides is 2. The van der Waals surface area contributed by atoms with Crippen LogP contribution >= 0.6 is 15.9 Å². The average molecular weight is 617 g/mol. The number of anilines is 1. The van der Waals surface area contributed by atoms with Crippen molar-refractivity contribution in [2.24, 2.45) is 0 Å². The van der Waals surface area contributed by atoms with Gasteiger partial charge >= 0.3 is 0 Å². The molecule has 39 heavy (non-hydrogen) atoms. The second-order valence-corrected chi connectivity index (χ2v) is 11.8. The molecule has 0 aliphatic rings. The molecule has 10 heteroatoms. The van der Waals surface area contributed by atoms with Gasteiger partial charge in [-0.3, -0.25) is 13.9 Å². The Bertz CT molecular complexity index is 1430. The van der Waals surface area contributed by atoms with Crippen molar-refractivity contribution in [3.05, 3.63) is 87.9 Å². The summed E-state index contributed by atoms with van der Waals surface area (Å²) in [7, 11) is -1.17. The topological polar surface area (TPSA) is 96.0 Å². The van der Waals surface area contributed by atoms with Crippen molar-refractivity contribution >= 4 is 43.5 Å². The number of likely N-dealkylation sites (N-methyl/N-ethyl adjacent to an activating group) is 1. The Morgan fingerprint density at radius 1 is 1.03 bits per heavy atom. The first kappa shape index (κ1) is 30.2. The minimum Gasteiger partial charge on any atom is -0.496 e. The van der Waals surface area contributed by atoms with Gasteiger partial charge in [0, 0.05) is 13.6 Å². The fourth-order valence-corrected chi connectivity index (χ4v) is 6.36. The molecule has 0 heterocycles. The average Bonchev–Trinajstić information content (AvgIpc) is 2.92. The largest absolute Gasteiger partial charge is 0.496 e. The third-order valence-corrected chi connectivity index (χ3v) is 8.94. The van der Waals surface area contributed by atoms with Gasteiger partial charge in [-0.25, -0.2) is 8.42 Å². The van der Waals surface area contributed by atoms with Crippen molar-refractivity contribution in [2.75, 3.05) is 25.0 Å². The standard InChI is InChI=1S/C29H34BrN3O5S/c1-6-26(29(35)31-4)32(18-22-10-8-7-9-21(22)3)28(34)19-33(23-13-11-20(2)12-14-23)39(36,37)24-15-16-27(38-5)25(30)17-24/h7-17,26H,6,18-19H2,1-5H3,(H,31,35)/t26-/m1/s1. The first-order valence-electron chi connectivity index (χ1n) is 12.5. The van der Waals surface area contributed by atoms with Gasteiger partial charge in [-0.2, -0.15) is 0 Å². The van der Waals surface area contributed by atoms with Crippen LogP contribution in [-0.4, -0.2) is 51.9 Å². The maximum absolute atomic E-state index is 14.0. The molecule has 0 radical (unpaired) electrons. The summed E-state index contributed by atoms with van der Waals surface area (Å²) in [6.07, 6.45) is 0.361. The Balaban J connectivity index is 2.09. The van der Waals surface area contributed by atoms with Gasteiger partial charge in [0.05, 0.1) is 22.2 Å². The van der Waals surface area contributed by atoms with E-state index in [1.54, 1.807) is 30.3 Å². The number of ether oxygens (including phenoxy) is 1. The Hall–Kier alpha value is -3.37. The number of rotatable bonds is 11. The summed E-state index contributed by atoms with van der Waals surface area (Å²) in [4.78, 5) is 28.3. The Morgan fingerprint density at radius 3 is 2.26 bits per heavy atom. The van der Waals surface area contributed by atoms with Gasteiger partial charge in [-0.15, -0.1) is 0 Å². The lowest BCUT2D eigenvalue weighted by Crippen LogP contribution is -2.51. The van der Waals surface area contributed by atoms with Gasteiger partial charge in [0.2, 0.25) is 11.8 Å². The number of sulfonamides is 1. The molecule has 0 fully saturated rings. The van der Waals surface area contributed by atoms with Crippen LogP contribution in [0.5, 0.6) is 5.75 Å². The van der Waals surface area contributed by atoms with E-state index in [0.717, 1.165) is 21.0 Å². The zero-order valence-electron chi connectivity index (χ0n) is 22.8. The van der Waals surface area contributed by atoms with Gasteiger partial charge in [0.25, 0.3) is 10.0 Å². The third-order valence-electron chi connectivity index (χ3n) is 6.55. The lowest BCUT2D eigenvalue weighted by molar-refractivity contribution is -0.140. The summed E-state index contributed by atoms with van der Waals surface area (Å²) in [5.74, 6) is -0.332. The van der Waals surface area contributed by atoms with Crippen LogP contribution in [0.1, 0.15) is 30.0 Å². The monoisotopic (exact) mass is 615 g/mol. The number of nitrogens with one attached hydrogen (secondary N) is 1. The van der Waals surface area contributed by atoms with E-state index in [4.69, 9.17) is 4.74 Å². The van der Waals surface area contributed by atoms with Crippen LogP contribution in [0.4, 0.5) is 5.69 Å². The SMILES string of the molecule is CC[C@H](C(=O)NC)N(Cc1ccccc1C)C(=O)CN(c1ccc(C)cc1)S(=O)(=O)c1ccc(OC)c(Br)c1. The molecule has 0 bridgehead atoms. The molecule has 3 aromatic carbocycles. The van der Waals surface area contributed by atoms with Crippen LogP contribution in [0.3, 0.4) is 0 Å². The van der Waals surface area contributed by atoms with E-state index in [-0.39, 0.29) is 17.3 Å². The summed E-state index contributed by atoms with van der Waals surface area (Å²) in [5.41, 5.74) is 3.12. The summed E-state index contributed by atoms with van der Waals surface area (Å²) < 4.78 is 34.8. The zero-order chi connectivity index (χ0) is 28.7. The Morgan fingerprint density at radius 2 is 1.69 bits per heavy atom. The predicted octanol–water partition coefficient (Wildman–Crippen LogP) is 4.82. The van der Waals surface area contributed by atoms with Crippen LogP contribution < -0.4 is 14.4 Å². The number of methoxy groups -OCH3 is 1. The number of hydrogen-bond acceptors (Lipinski definition) is 5. The number of nitrogens with zero attached hydrogens (tertiary/aromatic N) is 2. The number of halogens is 1. The minimum absolute atomic E-state index is 0.00709.